The molecule has 5 rings (SSSR count). The molecule has 1 fully saturated rings. The van der Waals surface area contributed by atoms with E-state index in [1.807, 2.05) is 67.5 Å². The number of allylic oxidation sites excluding steroid dienone is 1. The zero-order valence-corrected chi connectivity index (χ0v) is 23.1. The van der Waals surface area contributed by atoms with Gasteiger partial charge in [0.05, 0.1) is 37.4 Å². The number of carbonyl (C=O) groups excluding carboxylic acids is 1. The van der Waals surface area contributed by atoms with Crippen LogP contribution in [0.3, 0.4) is 0 Å². The number of benzene rings is 2. The van der Waals surface area contributed by atoms with E-state index in [-0.39, 0.29) is 6.09 Å². The second-order valence-electron chi connectivity index (χ2n) is 9.30. The lowest BCUT2D eigenvalue weighted by molar-refractivity contribution is 0.121. The molecule has 11 nitrogen and oxygen atoms in total. The van der Waals surface area contributed by atoms with Crippen LogP contribution in [0.2, 0.25) is 0 Å². The fourth-order valence-electron chi connectivity index (χ4n) is 4.81. The van der Waals surface area contributed by atoms with Crippen LogP contribution in [0.25, 0.3) is 10.9 Å². The molecule has 1 amide bonds. The van der Waals surface area contributed by atoms with E-state index >= 15 is 0 Å². The van der Waals surface area contributed by atoms with Crippen molar-refractivity contribution in [2.45, 2.75) is 13.8 Å². The highest BCUT2D eigenvalue weighted by Gasteiger charge is 2.25. The Morgan fingerprint density at radius 2 is 1.93 bits per heavy atom. The Hall–Kier alpha value is -4.80. The van der Waals surface area contributed by atoms with Gasteiger partial charge in [-0.25, -0.2) is 14.8 Å². The van der Waals surface area contributed by atoms with Crippen molar-refractivity contribution in [2.24, 2.45) is 5.10 Å². The number of aromatic nitrogens is 2. The van der Waals surface area contributed by atoms with Gasteiger partial charge in [-0.2, -0.15) is 5.10 Å². The number of nitrogens with zero attached hydrogens (tertiary/aromatic N) is 6. The molecule has 0 spiro atoms. The maximum Gasteiger partial charge on any atom is 0.409 e. The van der Waals surface area contributed by atoms with Gasteiger partial charge in [-0.3, -0.25) is 5.01 Å². The normalized spacial score (nSPS) is 15.4. The zero-order chi connectivity index (χ0) is 28.1. The summed E-state index contributed by atoms with van der Waals surface area (Å²) >= 11 is 0. The van der Waals surface area contributed by atoms with Crippen LogP contribution in [0.1, 0.15) is 12.5 Å². The second kappa shape index (κ2) is 11.9. The molecule has 0 radical (unpaired) electrons. The van der Waals surface area contributed by atoms with Gasteiger partial charge in [0.2, 0.25) is 0 Å². The van der Waals surface area contributed by atoms with Gasteiger partial charge in [0.15, 0.2) is 5.75 Å². The number of nitrogens with one attached hydrogen (secondary N) is 1. The number of piperazine rings is 1. The van der Waals surface area contributed by atoms with Gasteiger partial charge >= 0.3 is 6.09 Å². The highest BCUT2D eigenvalue weighted by Crippen LogP contribution is 2.40. The zero-order valence-electron chi connectivity index (χ0n) is 23.1. The van der Waals surface area contributed by atoms with Crippen molar-refractivity contribution < 1.29 is 19.0 Å². The maximum absolute atomic E-state index is 11.9. The Balaban J connectivity index is 1.37. The van der Waals surface area contributed by atoms with Crippen LogP contribution in [-0.2, 0) is 4.74 Å². The topological polar surface area (TPSA) is 105 Å². The Labute approximate surface area is 233 Å². The largest absolute Gasteiger partial charge is 0.494 e. The Bertz CT molecular complexity index is 1480. The lowest BCUT2D eigenvalue weighted by Crippen LogP contribution is -2.48. The number of rotatable bonds is 7. The summed E-state index contributed by atoms with van der Waals surface area (Å²) in [4.78, 5) is 24.9. The summed E-state index contributed by atoms with van der Waals surface area (Å²) < 4.78 is 16.9. The summed E-state index contributed by atoms with van der Waals surface area (Å²) in [5, 5.41) is 10.3. The molecule has 2 aromatic carbocycles. The summed E-state index contributed by atoms with van der Waals surface area (Å²) in [7, 11) is 3.05. The van der Waals surface area contributed by atoms with Crippen molar-refractivity contribution in [3.63, 3.8) is 0 Å². The summed E-state index contributed by atoms with van der Waals surface area (Å²) in [6, 6.07) is 9.89. The first-order valence-corrected chi connectivity index (χ1v) is 13.1. The minimum absolute atomic E-state index is 0.308. The predicted molar refractivity (Wildman–Crippen MR) is 155 cm³/mol. The van der Waals surface area contributed by atoms with Crippen LogP contribution in [0, 0.1) is 6.92 Å². The fourth-order valence-corrected chi connectivity index (χ4v) is 4.81. The van der Waals surface area contributed by atoms with Crippen LogP contribution < -0.4 is 19.7 Å². The smallest absolute Gasteiger partial charge is 0.409 e. The number of aryl methyl sites for hydroxylation is 1. The molecule has 1 aromatic heterocycles. The van der Waals surface area contributed by atoms with Crippen LogP contribution in [0.5, 0.6) is 11.5 Å². The van der Waals surface area contributed by atoms with E-state index in [4.69, 9.17) is 14.2 Å². The quantitative estimate of drug-likeness (QED) is 0.426. The molecular weight excluding hydrogens is 510 g/mol. The van der Waals surface area contributed by atoms with Crippen molar-refractivity contribution in [2.75, 3.05) is 57.2 Å². The Morgan fingerprint density at radius 3 is 2.60 bits per heavy atom. The standard InChI is InChI=1S/C29H33N7O4/c1-5-32-36-12-10-22(11-13-36)40-25-9-6-21(18-20(25)2)33-28-26-23(30-19-31-28)7-8-24(27(26)38-3)34-14-16-35(17-15-34)29(37)39-4/h5-12,18-19H,13-17H2,1-4H3,(H,30,31,33)/b32-5-. The highest BCUT2D eigenvalue weighted by molar-refractivity contribution is 6.00. The summed E-state index contributed by atoms with van der Waals surface area (Å²) in [6.07, 6.45) is 8.76. The molecule has 1 N–H and O–H groups in total. The monoisotopic (exact) mass is 543 g/mol. The van der Waals surface area contributed by atoms with Crippen LogP contribution in [-0.4, -0.2) is 79.1 Å². The van der Waals surface area contributed by atoms with E-state index in [0.29, 0.717) is 44.3 Å². The van der Waals surface area contributed by atoms with Crippen molar-refractivity contribution in [1.82, 2.24) is 19.9 Å². The third-order valence-corrected chi connectivity index (χ3v) is 6.81. The van der Waals surface area contributed by atoms with Crippen molar-refractivity contribution >= 4 is 40.4 Å². The number of anilines is 3. The van der Waals surface area contributed by atoms with E-state index in [1.54, 1.807) is 18.2 Å². The number of hydrazone groups is 1. The summed E-state index contributed by atoms with van der Waals surface area (Å²) in [5.41, 5.74) is 3.53. The maximum atomic E-state index is 11.9. The number of hydrogen-bond acceptors (Lipinski definition) is 10. The van der Waals surface area contributed by atoms with E-state index in [1.165, 1.54) is 13.4 Å². The number of ether oxygens (including phenoxy) is 3. The van der Waals surface area contributed by atoms with Crippen molar-refractivity contribution in [3.8, 4) is 11.5 Å². The summed E-state index contributed by atoms with van der Waals surface area (Å²) in [6.45, 7) is 6.99. The van der Waals surface area contributed by atoms with Gasteiger partial charge in [0, 0.05) is 44.3 Å². The van der Waals surface area contributed by atoms with E-state index in [9.17, 15) is 4.79 Å². The molecule has 3 heterocycles. The molecule has 0 unspecified atom stereocenters. The molecule has 0 saturated carbocycles. The van der Waals surface area contributed by atoms with E-state index in [2.05, 4.69) is 25.3 Å². The number of fused-ring (bicyclic) bond motifs is 1. The van der Waals surface area contributed by atoms with E-state index in [0.717, 1.165) is 39.3 Å². The third-order valence-electron chi connectivity index (χ3n) is 6.81. The molecular formula is C29H33N7O4. The molecule has 2 aliphatic heterocycles. The molecule has 40 heavy (non-hydrogen) atoms. The first kappa shape index (κ1) is 26.8. The van der Waals surface area contributed by atoms with Gasteiger partial charge in [-0.1, -0.05) is 0 Å². The minimum Gasteiger partial charge on any atom is -0.494 e. The summed E-state index contributed by atoms with van der Waals surface area (Å²) in [5.74, 6) is 2.87. The van der Waals surface area contributed by atoms with Gasteiger partial charge in [0.25, 0.3) is 0 Å². The number of hydrogen-bond donors (Lipinski definition) is 1. The Kier molecular flexibility index (Phi) is 7.99. The van der Waals surface area contributed by atoms with Crippen LogP contribution >= 0.6 is 0 Å². The molecule has 11 heteroatoms. The lowest BCUT2D eigenvalue weighted by atomic mass is 10.1. The van der Waals surface area contributed by atoms with Gasteiger partial charge in [-0.05, 0) is 61.9 Å². The molecule has 3 aromatic rings. The highest BCUT2D eigenvalue weighted by atomic mass is 16.5. The first-order valence-electron chi connectivity index (χ1n) is 13.1. The van der Waals surface area contributed by atoms with Crippen molar-refractivity contribution in [1.29, 1.82) is 0 Å². The molecule has 2 aliphatic rings. The van der Waals surface area contributed by atoms with E-state index < -0.39 is 0 Å². The SMILES string of the molecule is C/C=N\N1C=CC(Oc2ccc(Nc3ncnc4ccc(N5CCN(C(=O)OC)CC5)c(OC)c34)cc2C)=CC1. The van der Waals surface area contributed by atoms with Crippen LogP contribution in [0.4, 0.5) is 22.0 Å². The predicted octanol–water partition coefficient (Wildman–Crippen LogP) is 4.68. The first-order chi connectivity index (χ1) is 19.5. The van der Waals surface area contributed by atoms with Gasteiger partial charge < -0.3 is 29.3 Å². The van der Waals surface area contributed by atoms with Gasteiger partial charge in [-0.15, -0.1) is 0 Å². The van der Waals surface area contributed by atoms with Gasteiger partial charge in [0.1, 0.15) is 23.7 Å². The minimum atomic E-state index is -0.308. The average molecular weight is 544 g/mol. The lowest BCUT2D eigenvalue weighted by Gasteiger charge is -2.36. The third kappa shape index (κ3) is 5.63. The fraction of sp³-hybridized carbons (Fsp3) is 0.310. The molecule has 208 valence electrons. The van der Waals surface area contributed by atoms with Crippen LogP contribution in [0.15, 0.2) is 65.9 Å². The number of methoxy groups -OCH3 is 2. The Morgan fingerprint density at radius 1 is 1.10 bits per heavy atom. The average Bonchev–Trinajstić information content (AvgIpc) is 2.99. The number of amides is 1. The van der Waals surface area contributed by atoms with Crippen molar-refractivity contribution in [3.05, 3.63) is 66.3 Å². The molecule has 1 saturated heterocycles. The number of carbonyl (C=O) groups is 1. The molecule has 0 bridgehead atoms. The molecule has 0 aliphatic carbocycles. The second-order valence-corrected chi connectivity index (χ2v) is 9.30. The molecule has 0 atom stereocenters.